The Kier molecular flexibility index (Phi) is 5.31. The van der Waals surface area contributed by atoms with E-state index < -0.39 is 5.54 Å². The van der Waals surface area contributed by atoms with Gasteiger partial charge in [0.2, 0.25) is 5.91 Å². The van der Waals surface area contributed by atoms with E-state index in [-0.39, 0.29) is 5.91 Å². The number of nitrogens with zero attached hydrogens (tertiary/aromatic N) is 2. The first-order valence-electron chi connectivity index (χ1n) is 7.55. The van der Waals surface area contributed by atoms with Crippen LogP contribution in [0, 0.1) is 18.3 Å². The van der Waals surface area contributed by atoms with E-state index in [9.17, 15) is 10.1 Å². The number of benzene rings is 1. The number of hydrogen-bond donors (Lipinski definition) is 0. The molecule has 2 rings (SSSR count). The molecule has 0 unspecified atom stereocenters. The Morgan fingerprint density at radius 3 is 2.77 bits per heavy atom. The van der Waals surface area contributed by atoms with Crippen LogP contribution in [0.2, 0.25) is 5.02 Å². The lowest BCUT2D eigenvalue weighted by atomic mass is 9.76. The summed E-state index contributed by atoms with van der Waals surface area (Å²) >= 11 is 5.90. The number of aryl methyl sites for hydroxylation is 1. The smallest absolute Gasteiger partial charge is 0.223 e. The molecular weight excluding hydrogens is 300 g/mol. The highest BCUT2D eigenvalue weighted by Crippen LogP contribution is 2.36. The molecule has 0 bridgehead atoms. The van der Waals surface area contributed by atoms with Gasteiger partial charge in [-0.3, -0.25) is 4.79 Å². The van der Waals surface area contributed by atoms with Crippen LogP contribution in [0.4, 0.5) is 0 Å². The topological polar surface area (TPSA) is 53.3 Å². The normalized spacial score (nSPS) is 15.5. The minimum absolute atomic E-state index is 0.0117. The fraction of sp³-hybridized carbons (Fsp3) is 0.529. The molecule has 0 aliphatic heterocycles. The van der Waals surface area contributed by atoms with Gasteiger partial charge in [0.1, 0.15) is 11.3 Å². The molecule has 1 aliphatic rings. The van der Waals surface area contributed by atoms with Gasteiger partial charge in [-0.2, -0.15) is 5.26 Å². The molecule has 1 aliphatic carbocycles. The van der Waals surface area contributed by atoms with E-state index >= 15 is 0 Å². The third-order valence-electron chi connectivity index (χ3n) is 4.33. The average molecular weight is 321 g/mol. The lowest BCUT2D eigenvalue weighted by molar-refractivity contribution is -0.136. The molecule has 22 heavy (non-hydrogen) atoms. The number of carbonyl (C=O) groups excluding carboxylic acids is 1. The molecule has 0 radical (unpaired) electrons. The van der Waals surface area contributed by atoms with Gasteiger partial charge < -0.3 is 9.64 Å². The van der Waals surface area contributed by atoms with E-state index in [2.05, 4.69) is 6.07 Å². The predicted octanol–water partition coefficient (Wildman–Crippen LogP) is 3.71. The van der Waals surface area contributed by atoms with Crippen molar-refractivity contribution in [1.82, 2.24) is 4.90 Å². The Balaban J connectivity index is 1.77. The first-order valence-corrected chi connectivity index (χ1v) is 7.93. The van der Waals surface area contributed by atoms with Crippen LogP contribution in [0.15, 0.2) is 18.2 Å². The summed E-state index contributed by atoms with van der Waals surface area (Å²) in [5, 5.41) is 9.93. The summed E-state index contributed by atoms with van der Waals surface area (Å²) < 4.78 is 5.68. The van der Waals surface area contributed by atoms with Gasteiger partial charge >= 0.3 is 0 Å². The molecule has 0 saturated heterocycles. The fourth-order valence-electron chi connectivity index (χ4n) is 2.62. The van der Waals surface area contributed by atoms with Gasteiger partial charge in [0.05, 0.1) is 12.7 Å². The van der Waals surface area contributed by atoms with Gasteiger partial charge in [-0.05, 0) is 56.4 Å². The minimum Gasteiger partial charge on any atom is -0.493 e. The standard InChI is InChI=1S/C17H21ClN2O2/c1-13-11-14(18)6-7-15(13)22-10-3-5-16(21)20(2)17(12-19)8-4-9-17/h6-7,11H,3-5,8-10H2,1-2H3. The van der Waals surface area contributed by atoms with Crippen molar-refractivity contribution in [2.75, 3.05) is 13.7 Å². The van der Waals surface area contributed by atoms with Crippen LogP contribution in [0.1, 0.15) is 37.7 Å². The van der Waals surface area contributed by atoms with Crippen molar-refractivity contribution < 1.29 is 9.53 Å². The second-order valence-corrected chi connectivity index (χ2v) is 6.25. The summed E-state index contributed by atoms with van der Waals surface area (Å²) in [6.07, 6.45) is 3.61. The number of rotatable bonds is 6. The largest absolute Gasteiger partial charge is 0.493 e. The van der Waals surface area contributed by atoms with Crippen molar-refractivity contribution in [3.05, 3.63) is 28.8 Å². The van der Waals surface area contributed by atoms with E-state index in [1.165, 1.54) is 0 Å². The van der Waals surface area contributed by atoms with Crippen LogP contribution >= 0.6 is 11.6 Å². The average Bonchev–Trinajstić information content (AvgIpc) is 2.44. The predicted molar refractivity (Wildman–Crippen MR) is 85.9 cm³/mol. The third kappa shape index (κ3) is 3.53. The zero-order valence-electron chi connectivity index (χ0n) is 13.1. The molecule has 1 aromatic carbocycles. The molecule has 0 atom stereocenters. The van der Waals surface area contributed by atoms with Crippen LogP contribution in [-0.2, 0) is 4.79 Å². The van der Waals surface area contributed by atoms with Crippen molar-refractivity contribution >= 4 is 17.5 Å². The molecule has 118 valence electrons. The van der Waals surface area contributed by atoms with Crippen molar-refractivity contribution in [3.8, 4) is 11.8 Å². The van der Waals surface area contributed by atoms with Gasteiger partial charge in [-0.15, -0.1) is 0 Å². The van der Waals surface area contributed by atoms with Crippen molar-refractivity contribution in [1.29, 1.82) is 5.26 Å². The number of carbonyl (C=O) groups is 1. The van der Waals surface area contributed by atoms with E-state index in [0.29, 0.717) is 24.5 Å². The molecule has 1 fully saturated rings. The van der Waals surface area contributed by atoms with E-state index in [4.69, 9.17) is 16.3 Å². The minimum atomic E-state index is -0.565. The summed E-state index contributed by atoms with van der Waals surface area (Å²) in [5.41, 5.74) is 0.416. The molecule has 4 nitrogen and oxygen atoms in total. The maximum absolute atomic E-state index is 12.2. The first kappa shape index (κ1) is 16.6. The van der Waals surface area contributed by atoms with Gasteiger partial charge in [-0.25, -0.2) is 0 Å². The quantitative estimate of drug-likeness (QED) is 0.751. The SMILES string of the molecule is Cc1cc(Cl)ccc1OCCCC(=O)N(C)C1(C#N)CCC1. The molecule has 0 heterocycles. The maximum atomic E-state index is 12.2. The van der Waals surface area contributed by atoms with Crippen LogP contribution in [-0.4, -0.2) is 30.0 Å². The van der Waals surface area contributed by atoms with Gasteiger partial charge in [0.25, 0.3) is 0 Å². The highest BCUT2D eigenvalue weighted by molar-refractivity contribution is 6.30. The Morgan fingerprint density at radius 1 is 1.50 bits per heavy atom. The second kappa shape index (κ2) is 7.02. The molecular formula is C17H21ClN2O2. The monoisotopic (exact) mass is 320 g/mol. The van der Waals surface area contributed by atoms with Gasteiger partial charge in [-0.1, -0.05) is 11.6 Å². The van der Waals surface area contributed by atoms with Crippen molar-refractivity contribution in [3.63, 3.8) is 0 Å². The summed E-state index contributed by atoms with van der Waals surface area (Å²) in [4.78, 5) is 13.8. The molecule has 0 spiro atoms. The summed E-state index contributed by atoms with van der Waals surface area (Å²) in [5.74, 6) is 0.801. The van der Waals surface area contributed by atoms with Crippen molar-refractivity contribution in [2.45, 2.75) is 44.6 Å². The summed E-state index contributed by atoms with van der Waals surface area (Å²) in [7, 11) is 1.73. The number of halogens is 1. The lowest BCUT2D eigenvalue weighted by Crippen LogP contribution is -2.53. The molecule has 0 aromatic heterocycles. The van der Waals surface area contributed by atoms with Crippen LogP contribution in [0.5, 0.6) is 5.75 Å². The van der Waals surface area contributed by atoms with Crippen LogP contribution < -0.4 is 4.74 Å². The number of hydrogen-bond acceptors (Lipinski definition) is 3. The number of nitriles is 1. The molecule has 5 heteroatoms. The molecule has 1 aromatic rings. The highest BCUT2D eigenvalue weighted by atomic mass is 35.5. The second-order valence-electron chi connectivity index (χ2n) is 5.81. The Labute approximate surface area is 136 Å². The first-order chi connectivity index (χ1) is 10.5. The Hall–Kier alpha value is -1.73. The maximum Gasteiger partial charge on any atom is 0.223 e. The van der Waals surface area contributed by atoms with E-state index in [1.807, 2.05) is 19.1 Å². The third-order valence-corrected chi connectivity index (χ3v) is 4.57. The summed E-state index contributed by atoms with van der Waals surface area (Å²) in [6.45, 7) is 2.41. The molecule has 1 saturated carbocycles. The Morgan fingerprint density at radius 2 is 2.23 bits per heavy atom. The number of ether oxygens (including phenoxy) is 1. The zero-order valence-corrected chi connectivity index (χ0v) is 13.8. The van der Waals surface area contributed by atoms with Gasteiger partial charge in [0.15, 0.2) is 0 Å². The number of amides is 1. The lowest BCUT2D eigenvalue weighted by Gasteiger charge is -2.43. The fourth-order valence-corrected chi connectivity index (χ4v) is 2.85. The van der Waals surface area contributed by atoms with E-state index in [1.54, 1.807) is 18.0 Å². The summed E-state index contributed by atoms with van der Waals surface area (Å²) in [6, 6.07) is 7.76. The van der Waals surface area contributed by atoms with Gasteiger partial charge in [0, 0.05) is 18.5 Å². The Bertz CT molecular complexity index is 591. The van der Waals surface area contributed by atoms with Crippen LogP contribution in [0.25, 0.3) is 0 Å². The van der Waals surface area contributed by atoms with Crippen LogP contribution in [0.3, 0.4) is 0 Å². The molecule has 0 N–H and O–H groups in total. The van der Waals surface area contributed by atoms with Crippen molar-refractivity contribution in [2.24, 2.45) is 0 Å². The van der Waals surface area contributed by atoms with E-state index in [0.717, 1.165) is 30.6 Å². The highest BCUT2D eigenvalue weighted by Gasteiger charge is 2.43. The zero-order chi connectivity index (χ0) is 16.2. The molecule has 1 amide bonds.